The molecule has 1 aliphatic rings. The number of rotatable bonds is 5. The maximum Gasteiger partial charge on any atom is 0.119 e. The lowest BCUT2D eigenvalue weighted by atomic mass is 9.78. The van der Waals surface area contributed by atoms with Gasteiger partial charge in [-0.2, -0.15) is 0 Å². The van der Waals surface area contributed by atoms with E-state index >= 15 is 0 Å². The summed E-state index contributed by atoms with van der Waals surface area (Å²) in [6.45, 7) is 5.78. The molecule has 1 aliphatic heterocycles. The highest BCUT2D eigenvalue weighted by atomic mass is 16.6. The van der Waals surface area contributed by atoms with E-state index in [1.54, 1.807) is 12.1 Å². The van der Waals surface area contributed by atoms with Crippen molar-refractivity contribution in [3.8, 4) is 11.5 Å². The van der Waals surface area contributed by atoms with Crippen LogP contribution >= 0.6 is 0 Å². The Labute approximate surface area is 125 Å². The highest BCUT2D eigenvalue weighted by Crippen LogP contribution is 2.33. The van der Waals surface area contributed by atoms with E-state index in [-0.39, 0.29) is 11.5 Å². The molecule has 21 heavy (non-hydrogen) atoms. The maximum absolute atomic E-state index is 9.41. The number of epoxide rings is 1. The Hall–Kier alpha value is -2.00. The normalized spacial score (nSPS) is 17.5. The molecular formula is C18H20O3. The molecule has 0 unspecified atom stereocenters. The predicted octanol–water partition coefficient (Wildman–Crippen LogP) is 3.50. The van der Waals surface area contributed by atoms with Gasteiger partial charge in [-0.25, -0.2) is 0 Å². The molecule has 0 spiro atoms. The Kier molecular flexibility index (Phi) is 3.60. The van der Waals surface area contributed by atoms with Gasteiger partial charge in [0.1, 0.15) is 24.2 Å². The standard InChI is InChI=1S/C18H20O3/c1-18(2,13-3-7-15(19)8-4-13)14-5-9-16(10-6-14)20-11-17-12-21-17/h3-10,17,19H,11-12H2,1-2H3/t17-/m0/s1. The minimum absolute atomic E-state index is 0.119. The lowest BCUT2D eigenvalue weighted by Crippen LogP contribution is -2.18. The van der Waals surface area contributed by atoms with Crippen LogP contribution in [0.3, 0.4) is 0 Å². The van der Waals surface area contributed by atoms with Gasteiger partial charge in [0.15, 0.2) is 0 Å². The lowest BCUT2D eigenvalue weighted by molar-refractivity contribution is 0.263. The van der Waals surface area contributed by atoms with Crippen molar-refractivity contribution < 1.29 is 14.6 Å². The predicted molar refractivity (Wildman–Crippen MR) is 81.9 cm³/mol. The van der Waals surface area contributed by atoms with Crippen LogP contribution in [0.5, 0.6) is 11.5 Å². The molecule has 110 valence electrons. The maximum atomic E-state index is 9.41. The molecule has 0 bridgehead atoms. The zero-order chi connectivity index (χ0) is 14.9. The fourth-order valence-corrected chi connectivity index (χ4v) is 2.37. The Bertz CT molecular complexity index is 595. The van der Waals surface area contributed by atoms with Crippen molar-refractivity contribution in [3.05, 3.63) is 59.7 Å². The Morgan fingerprint density at radius 1 is 1.05 bits per heavy atom. The van der Waals surface area contributed by atoms with Crippen LogP contribution in [0.15, 0.2) is 48.5 Å². The zero-order valence-electron chi connectivity index (χ0n) is 12.4. The minimum Gasteiger partial charge on any atom is -0.508 e. The number of aromatic hydroxyl groups is 1. The quantitative estimate of drug-likeness (QED) is 0.854. The minimum atomic E-state index is -0.119. The molecule has 1 fully saturated rings. The summed E-state index contributed by atoms with van der Waals surface area (Å²) >= 11 is 0. The average molecular weight is 284 g/mol. The van der Waals surface area contributed by atoms with E-state index in [2.05, 4.69) is 26.0 Å². The topological polar surface area (TPSA) is 42.0 Å². The zero-order valence-corrected chi connectivity index (χ0v) is 12.4. The number of phenolic OH excluding ortho intramolecular Hbond substituents is 1. The van der Waals surface area contributed by atoms with Gasteiger partial charge in [-0.1, -0.05) is 38.1 Å². The summed E-state index contributed by atoms with van der Waals surface area (Å²) in [6.07, 6.45) is 0.276. The molecule has 2 aromatic carbocycles. The molecule has 3 nitrogen and oxygen atoms in total. The first kappa shape index (κ1) is 14.0. The van der Waals surface area contributed by atoms with Crippen molar-refractivity contribution in [1.82, 2.24) is 0 Å². The van der Waals surface area contributed by atoms with Gasteiger partial charge < -0.3 is 14.6 Å². The molecule has 3 rings (SSSR count). The van der Waals surface area contributed by atoms with E-state index < -0.39 is 0 Å². The lowest BCUT2D eigenvalue weighted by Gasteiger charge is -2.26. The van der Waals surface area contributed by atoms with Gasteiger partial charge in [0, 0.05) is 5.41 Å². The van der Waals surface area contributed by atoms with E-state index in [9.17, 15) is 5.11 Å². The first-order chi connectivity index (χ1) is 10.1. The summed E-state index contributed by atoms with van der Waals surface area (Å²) in [7, 11) is 0. The smallest absolute Gasteiger partial charge is 0.119 e. The first-order valence-electron chi connectivity index (χ1n) is 7.20. The van der Waals surface area contributed by atoms with Gasteiger partial charge in [-0.3, -0.25) is 0 Å². The van der Waals surface area contributed by atoms with Gasteiger partial charge in [0.05, 0.1) is 6.61 Å². The molecule has 0 amide bonds. The fraction of sp³-hybridized carbons (Fsp3) is 0.333. The van der Waals surface area contributed by atoms with Crippen LogP contribution in [-0.2, 0) is 10.2 Å². The van der Waals surface area contributed by atoms with E-state index in [0.717, 1.165) is 12.4 Å². The molecule has 1 N–H and O–H groups in total. The van der Waals surface area contributed by atoms with Crippen molar-refractivity contribution >= 4 is 0 Å². The second-order valence-electron chi connectivity index (χ2n) is 5.96. The number of hydrogen-bond donors (Lipinski definition) is 1. The van der Waals surface area contributed by atoms with Gasteiger partial charge in [0.25, 0.3) is 0 Å². The Morgan fingerprint density at radius 2 is 1.57 bits per heavy atom. The number of ether oxygens (including phenoxy) is 2. The third-order valence-corrected chi connectivity index (χ3v) is 4.00. The largest absolute Gasteiger partial charge is 0.508 e. The van der Waals surface area contributed by atoms with Crippen LogP contribution in [0.4, 0.5) is 0 Å². The number of phenols is 1. The molecule has 2 aromatic rings. The van der Waals surface area contributed by atoms with Crippen LogP contribution in [0, 0.1) is 0 Å². The van der Waals surface area contributed by atoms with Crippen molar-refractivity contribution in [2.45, 2.75) is 25.4 Å². The molecule has 1 saturated heterocycles. The number of benzene rings is 2. The molecule has 0 aliphatic carbocycles. The van der Waals surface area contributed by atoms with E-state index in [1.807, 2.05) is 24.3 Å². The van der Waals surface area contributed by atoms with Crippen LogP contribution in [0.1, 0.15) is 25.0 Å². The summed E-state index contributed by atoms with van der Waals surface area (Å²) in [5.74, 6) is 1.16. The van der Waals surface area contributed by atoms with Crippen molar-refractivity contribution in [1.29, 1.82) is 0 Å². The monoisotopic (exact) mass is 284 g/mol. The van der Waals surface area contributed by atoms with Gasteiger partial charge in [-0.15, -0.1) is 0 Å². The molecule has 0 aromatic heterocycles. The molecule has 3 heteroatoms. The summed E-state index contributed by atoms with van der Waals surface area (Å²) in [6, 6.07) is 15.6. The third-order valence-electron chi connectivity index (χ3n) is 4.00. The molecular weight excluding hydrogens is 264 g/mol. The van der Waals surface area contributed by atoms with Gasteiger partial charge in [0.2, 0.25) is 0 Å². The molecule has 1 heterocycles. The molecule has 0 radical (unpaired) electrons. The molecule has 1 atom stereocenters. The van der Waals surface area contributed by atoms with E-state index in [1.165, 1.54) is 11.1 Å². The Morgan fingerprint density at radius 3 is 2.10 bits per heavy atom. The van der Waals surface area contributed by atoms with Gasteiger partial charge in [-0.05, 0) is 35.4 Å². The highest BCUT2D eigenvalue weighted by molar-refractivity contribution is 5.41. The Balaban J connectivity index is 1.76. The van der Waals surface area contributed by atoms with Gasteiger partial charge >= 0.3 is 0 Å². The SMILES string of the molecule is CC(C)(c1ccc(O)cc1)c1ccc(OC[C@H]2CO2)cc1. The summed E-state index contributed by atoms with van der Waals surface area (Å²) in [5.41, 5.74) is 2.26. The first-order valence-corrected chi connectivity index (χ1v) is 7.20. The van der Waals surface area contributed by atoms with Crippen LogP contribution < -0.4 is 4.74 Å². The fourth-order valence-electron chi connectivity index (χ4n) is 2.37. The van der Waals surface area contributed by atoms with Crippen LogP contribution in [-0.4, -0.2) is 24.4 Å². The summed E-state index contributed by atoms with van der Waals surface area (Å²) in [5, 5.41) is 9.41. The van der Waals surface area contributed by atoms with Crippen LogP contribution in [0.25, 0.3) is 0 Å². The van der Waals surface area contributed by atoms with Crippen molar-refractivity contribution in [2.75, 3.05) is 13.2 Å². The summed E-state index contributed by atoms with van der Waals surface area (Å²) in [4.78, 5) is 0. The second-order valence-corrected chi connectivity index (χ2v) is 5.96. The summed E-state index contributed by atoms with van der Waals surface area (Å²) < 4.78 is 10.8. The van der Waals surface area contributed by atoms with Crippen molar-refractivity contribution in [3.63, 3.8) is 0 Å². The average Bonchev–Trinajstić information content (AvgIpc) is 3.30. The molecule has 0 saturated carbocycles. The van der Waals surface area contributed by atoms with E-state index in [0.29, 0.717) is 12.4 Å². The van der Waals surface area contributed by atoms with E-state index in [4.69, 9.17) is 9.47 Å². The highest BCUT2D eigenvalue weighted by Gasteiger charge is 2.24. The second kappa shape index (κ2) is 5.41. The van der Waals surface area contributed by atoms with Crippen molar-refractivity contribution in [2.24, 2.45) is 0 Å². The van der Waals surface area contributed by atoms with Crippen LogP contribution in [0.2, 0.25) is 0 Å². The third kappa shape index (κ3) is 3.19. The number of hydrogen-bond acceptors (Lipinski definition) is 3.